The van der Waals surface area contributed by atoms with E-state index < -0.39 is 18.6 Å². The molecule has 0 fully saturated rings. The number of carbonyl (C=O) groups is 2. The molecule has 0 aliphatic heterocycles. The number of ketones is 2. The normalized spacial score (nSPS) is 12.7. The third-order valence-corrected chi connectivity index (χ3v) is 8.64. The van der Waals surface area contributed by atoms with Crippen LogP contribution in [0.1, 0.15) is 194 Å². The molecule has 0 bridgehead atoms. The maximum atomic E-state index is 12.8. The molecule has 0 saturated carbocycles. The summed E-state index contributed by atoms with van der Waals surface area (Å²) in [4.78, 5) is 25.5. The fraction of sp³-hybridized carbons (Fsp3) is 0.846. The lowest BCUT2D eigenvalue weighted by atomic mass is 9.87. The third-order valence-electron chi connectivity index (χ3n) is 8.64. The van der Waals surface area contributed by atoms with Crippen molar-refractivity contribution in [3.8, 4) is 0 Å². The summed E-state index contributed by atoms with van der Waals surface area (Å²) in [6, 6.07) is 0. The Bertz CT molecular complexity index is 616. The van der Waals surface area contributed by atoms with Crippen LogP contribution in [0.5, 0.6) is 0 Å². The van der Waals surface area contributed by atoms with Gasteiger partial charge >= 0.3 is 0 Å². The molecule has 4 nitrogen and oxygen atoms in total. The van der Waals surface area contributed by atoms with Crippen molar-refractivity contribution in [2.24, 2.45) is 5.92 Å². The highest BCUT2D eigenvalue weighted by Crippen LogP contribution is 2.18. The fourth-order valence-corrected chi connectivity index (χ4v) is 5.77. The van der Waals surface area contributed by atoms with Gasteiger partial charge in [-0.3, -0.25) is 9.59 Å². The van der Waals surface area contributed by atoms with Gasteiger partial charge in [-0.2, -0.15) is 0 Å². The Hall–Kier alpha value is -1.26. The first-order valence-corrected chi connectivity index (χ1v) is 18.7. The number of hydrogen-bond donors (Lipinski definition) is 2. The molecular weight excluding hydrogens is 532 g/mol. The maximum absolute atomic E-state index is 12.8. The first-order chi connectivity index (χ1) is 21.1. The van der Waals surface area contributed by atoms with Crippen molar-refractivity contribution in [1.29, 1.82) is 0 Å². The number of aliphatic hydroxyl groups is 2. The lowest BCUT2D eigenvalue weighted by molar-refractivity contribution is -0.138. The molecule has 0 aromatic carbocycles. The Morgan fingerprint density at radius 1 is 0.465 bits per heavy atom. The molecule has 4 heteroatoms. The Morgan fingerprint density at radius 2 is 0.744 bits per heavy atom. The number of unbranched alkanes of at least 4 members (excludes halogenated alkanes) is 22. The highest BCUT2D eigenvalue weighted by atomic mass is 16.3. The van der Waals surface area contributed by atoms with Gasteiger partial charge in [-0.1, -0.05) is 141 Å². The first kappa shape index (κ1) is 41.7. The van der Waals surface area contributed by atoms with Gasteiger partial charge in [-0.05, 0) is 64.2 Å². The minimum atomic E-state index is -1.27. The van der Waals surface area contributed by atoms with Crippen LogP contribution < -0.4 is 0 Å². The predicted octanol–water partition coefficient (Wildman–Crippen LogP) is 11.2. The van der Waals surface area contributed by atoms with E-state index in [0.717, 1.165) is 64.2 Å². The molecule has 0 aromatic heterocycles. The van der Waals surface area contributed by atoms with Gasteiger partial charge in [0.05, 0.1) is 12.7 Å². The quantitative estimate of drug-likeness (QED) is 0.0435. The van der Waals surface area contributed by atoms with Crippen molar-refractivity contribution in [2.45, 2.75) is 200 Å². The van der Waals surface area contributed by atoms with Crippen molar-refractivity contribution >= 4 is 11.6 Å². The second-order valence-electron chi connectivity index (χ2n) is 12.8. The number of Topliss-reactive ketones (excluding diaryl/α,β-unsaturated/α-hetero) is 2. The van der Waals surface area contributed by atoms with Crippen LogP contribution in [0.15, 0.2) is 24.3 Å². The molecule has 0 aliphatic rings. The van der Waals surface area contributed by atoms with E-state index in [1.165, 1.54) is 103 Å². The third kappa shape index (κ3) is 28.0. The van der Waals surface area contributed by atoms with Gasteiger partial charge < -0.3 is 10.2 Å². The van der Waals surface area contributed by atoms with Crippen molar-refractivity contribution < 1.29 is 19.8 Å². The Labute approximate surface area is 267 Å². The minimum Gasteiger partial charge on any atom is -0.394 e. The second kappa shape index (κ2) is 33.6. The Kier molecular flexibility index (Phi) is 32.6. The molecule has 0 rings (SSSR count). The fourth-order valence-electron chi connectivity index (χ4n) is 5.77. The van der Waals surface area contributed by atoms with Gasteiger partial charge in [0.1, 0.15) is 17.5 Å². The SMILES string of the molecule is CCCCCCCC/C=C\CCCCCCCC(=O)C(C(=O)CCCCCCC/C=C\CCCCCCCC)C(O)CO. The zero-order valence-electron chi connectivity index (χ0n) is 28.7. The van der Waals surface area contributed by atoms with Crippen LogP contribution in [-0.4, -0.2) is 34.5 Å². The summed E-state index contributed by atoms with van der Waals surface area (Å²) in [6.07, 6.45) is 39.8. The zero-order valence-corrected chi connectivity index (χ0v) is 28.7. The molecule has 0 aromatic rings. The second-order valence-corrected chi connectivity index (χ2v) is 12.8. The number of rotatable bonds is 34. The number of hydrogen-bond acceptors (Lipinski definition) is 4. The average molecular weight is 605 g/mol. The molecule has 0 saturated heterocycles. The molecule has 43 heavy (non-hydrogen) atoms. The van der Waals surface area contributed by atoms with Gasteiger partial charge in [-0.15, -0.1) is 0 Å². The van der Waals surface area contributed by atoms with Gasteiger partial charge in [0, 0.05) is 12.8 Å². The number of carbonyl (C=O) groups excluding carboxylic acids is 2. The molecule has 2 N–H and O–H groups in total. The topological polar surface area (TPSA) is 74.6 Å². The first-order valence-electron chi connectivity index (χ1n) is 18.7. The van der Waals surface area contributed by atoms with Crippen LogP contribution in [-0.2, 0) is 9.59 Å². The lowest BCUT2D eigenvalue weighted by Gasteiger charge is -2.19. The van der Waals surface area contributed by atoms with Gasteiger partial charge in [0.25, 0.3) is 0 Å². The van der Waals surface area contributed by atoms with Gasteiger partial charge in [0.15, 0.2) is 0 Å². The molecule has 0 heterocycles. The van der Waals surface area contributed by atoms with Crippen molar-refractivity contribution in [3.63, 3.8) is 0 Å². The molecule has 1 atom stereocenters. The summed E-state index contributed by atoms with van der Waals surface area (Å²) in [7, 11) is 0. The van der Waals surface area contributed by atoms with E-state index in [2.05, 4.69) is 38.2 Å². The van der Waals surface area contributed by atoms with E-state index in [4.69, 9.17) is 0 Å². The monoisotopic (exact) mass is 605 g/mol. The van der Waals surface area contributed by atoms with Gasteiger partial charge in [0.2, 0.25) is 0 Å². The summed E-state index contributed by atoms with van der Waals surface area (Å²) in [6.45, 7) is 3.97. The molecule has 252 valence electrons. The molecule has 0 amide bonds. The molecular formula is C39H72O4. The molecule has 0 spiro atoms. The largest absolute Gasteiger partial charge is 0.394 e. The lowest BCUT2D eigenvalue weighted by Crippen LogP contribution is -2.37. The summed E-state index contributed by atoms with van der Waals surface area (Å²) in [5.41, 5.74) is 0. The van der Waals surface area contributed by atoms with Gasteiger partial charge in [-0.25, -0.2) is 0 Å². The van der Waals surface area contributed by atoms with E-state index >= 15 is 0 Å². The van der Waals surface area contributed by atoms with Crippen LogP contribution in [0.3, 0.4) is 0 Å². The predicted molar refractivity (Wildman–Crippen MR) is 186 cm³/mol. The zero-order chi connectivity index (χ0) is 31.6. The van der Waals surface area contributed by atoms with E-state index in [-0.39, 0.29) is 11.6 Å². The van der Waals surface area contributed by atoms with Crippen molar-refractivity contribution in [1.82, 2.24) is 0 Å². The molecule has 0 radical (unpaired) electrons. The average Bonchev–Trinajstić information content (AvgIpc) is 3.01. The van der Waals surface area contributed by atoms with Crippen LogP contribution in [0.4, 0.5) is 0 Å². The smallest absolute Gasteiger partial charge is 0.146 e. The van der Waals surface area contributed by atoms with Crippen LogP contribution in [0.2, 0.25) is 0 Å². The van der Waals surface area contributed by atoms with E-state index in [0.29, 0.717) is 12.8 Å². The summed E-state index contributed by atoms with van der Waals surface area (Å²) >= 11 is 0. The standard InChI is InChI=1S/C39H72O4/c1-3-5-7-9-11-13-15-17-19-21-23-25-27-29-31-33-36(41)39(38(43)35-40)37(42)34-32-30-28-26-24-22-20-18-16-14-12-10-8-6-4-2/h17-20,38-40,43H,3-16,21-35H2,1-2H3/b19-17-,20-18-. The number of aliphatic hydroxyl groups excluding tert-OH is 2. The summed E-state index contributed by atoms with van der Waals surface area (Å²) in [5, 5.41) is 19.7. The molecule has 1 unspecified atom stereocenters. The Balaban J connectivity index is 3.87. The summed E-state index contributed by atoms with van der Waals surface area (Å²) in [5.74, 6) is -1.45. The van der Waals surface area contributed by atoms with Crippen molar-refractivity contribution in [2.75, 3.05) is 6.61 Å². The van der Waals surface area contributed by atoms with Crippen LogP contribution in [0, 0.1) is 5.92 Å². The van der Waals surface area contributed by atoms with Crippen LogP contribution >= 0.6 is 0 Å². The van der Waals surface area contributed by atoms with E-state index in [9.17, 15) is 19.8 Å². The van der Waals surface area contributed by atoms with Crippen molar-refractivity contribution in [3.05, 3.63) is 24.3 Å². The van der Waals surface area contributed by atoms with Crippen LogP contribution in [0.25, 0.3) is 0 Å². The highest BCUT2D eigenvalue weighted by Gasteiger charge is 2.31. The minimum absolute atomic E-state index is 0.197. The summed E-state index contributed by atoms with van der Waals surface area (Å²) < 4.78 is 0. The Morgan fingerprint density at radius 3 is 1.05 bits per heavy atom. The highest BCUT2D eigenvalue weighted by molar-refractivity contribution is 6.03. The van der Waals surface area contributed by atoms with E-state index in [1.807, 2.05) is 0 Å². The van der Waals surface area contributed by atoms with E-state index in [1.54, 1.807) is 0 Å². The maximum Gasteiger partial charge on any atom is 0.146 e. The molecule has 0 aliphatic carbocycles. The number of allylic oxidation sites excluding steroid dienone is 4.